The van der Waals surface area contributed by atoms with Crippen LogP contribution in [0.1, 0.15) is 5.56 Å². The first-order valence-electron chi connectivity index (χ1n) is 6.57. The van der Waals surface area contributed by atoms with Gasteiger partial charge in [0.25, 0.3) is 5.91 Å². The zero-order chi connectivity index (χ0) is 13.5. The van der Waals surface area contributed by atoms with Crippen molar-refractivity contribution in [3.05, 3.63) is 35.9 Å². The van der Waals surface area contributed by atoms with Crippen molar-refractivity contribution in [2.75, 3.05) is 26.3 Å². The average molecular weight is 264 g/mol. The molecule has 1 heterocycles. The Morgan fingerprint density at radius 2 is 2.26 bits per heavy atom. The first-order chi connectivity index (χ1) is 9.29. The molecule has 0 spiro atoms. The Balaban J connectivity index is 1.86. The Labute approximate surface area is 113 Å². The summed E-state index contributed by atoms with van der Waals surface area (Å²) in [6.07, 6.45) is 0.155. The van der Waals surface area contributed by atoms with Crippen LogP contribution in [-0.4, -0.2) is 49.5 Å². The molecule has 0 aliphatic carbocycles. The lowest BCUT2D eigenvalue weighted by molar-refractivity contribution is -0.135. The summed E-state index contributed by atoms with van der Waals surface area (Å²) < 4.78 is 5.38. The number of ether oxygens (including phenoxy) is 1. The molecule has 19 heavy (non-hydrogen) atoms. The predicted octanol–water partition coefficient (Wildman–Crippen LogP) is -0.305. The molecule has 5 nitrogen and oxygen atoms in total. The van der Waals surface area contributed by atoms with Gasteiger partial charge in [0.05, 0.1) is 19.3 Å². The Morgan fingerprint density at radius 1 is 1.47 bits per heavy atom. The third-order valence-electron chi connectivity index (χ3n) is 3.11. The van der Waals surface area contributed by atoms with Crippen molar-refractivity contribution < 1.29 is 14.6 Å². The van der Waals surface area contributed by atoms with Gasteiger partial charge in [-0.25, -0.2) is 0 Å². The molecular weight excluding hydrogens is 244 g/mol. The SMILES string of the molecule is O=C(N[C@@H](CO)Cc1ccccc1)C1CNCCO1. The van der Waals surface area contributed by atoms with E-state index in [4.69, 9.17) is 4.74 Å². The van der Waals surface area contributed by atoms with Gasteiger partial charge in [-0.2, -0.15) is 0 Å². The number of amides is 1. The van der Waals surface area contributed by atoms with E-state index in [1.807, 2.05) is 30.3 Å². The summed E-state index contributed by atoms with van der Waals surface area (Å²) in [5, 5.41) is 15.3. The number of aliphatic hydroxyl groups excluding tert-OH is 1. The highest BCUT2D eigenvalue weighted by molar-refractivity contribution is 5.81. The largest absolute Gasteiger partial charge is 0.394 e. The van der Waals surface area contributed by atoms with Gasteiger partial charge in [-0.3, -0.25) is 4.79 Å². The average Bonchev–Trinajstić information content (AvgIpc) is 2.48. The van der Waals surface area contributed by atoms with Crippen LogP contribution in [0.3, 0.4) is 0 Å². The molecule has 1 unspecified atom stereocenters. The van der Waals surface area contributed by atoms with Crippen LogP contribution in [-0.2, 0) is 16.0 Å². The molecule has 2 rings (SSSR count). The van der Waals surface area contributed by atoms with Crippen LogP contribution < -0.4 is 10.6 Å². The van der Waals surface area contributed by atoms with E-state index in [0.29, 0.717) is 19.6 Å². The van der Waals surface area contributed by atoms with E-state index in [0.717, 1.165) is 12.1 Å². The van der Waals surface area contributed by atoms with Gasteiger partial charge >= 0.3 is 0 Å². The highest BCUT2D eigenvalue weighted by atomic mass is 16.5. The number of rotatable bonds is 5. The molecule has 104 valence electrons. The van der Waals surface area contributed by atoms with Crippen molar-refractivity contribution in [3.63, 3.8) is 0 Å². The second kappa shape index (κ2) is 7.23. The summed E-state index contributed by atoms with van der Waals surface area (Å²) in [5.74, 6) is -0.165. The smallest absolute Gasteiger partial charge is 0.250 e. The number of morpholine rings is 1. The standard InChI is InChI=1S/C14H20N2O3/c17-10-12(8-11-4-2-1-3-5-11)16-14(18)13-9-15-6-7-19-13/h1-5,12-13,15,17H,6-10H2,(H,16,18)/t12-,13?/m1/s1. The summed E-state index contributed by atoms with van der Waals surface area (Å²) in [5.41, 5.74) is 1.09. The maximum Gasteiger partial charge on any atom is 0.250 e. The van der Waals surface area contributed by atoms with Gasteiger partial charge in [0.15, 0.2) is 0 Å². The fourth-order valence-corrected chi connectivity index (χ4v) is 2.09. The molecule has 1 aromatic rings. The number of carbonyl (C=O) groups excluding carboxylic acids is 1. The fourth-order valence-electron chi connectivity index (χ4n) is 2.09. The van der Waals surface area contributed by atoms with E-state index in [-0.39, 0.29) is 18.6 Å². The van der Waals surface area contributed by atoms with Crippen LogP contribution in [0, 0.1) is 0 Å². The maximum atomic E-state index is 12.0. The normalized spacial score (nSPS) is 20.8. The van der Waals surface area contributed by atoms with E-state index in [1.165, 1.54) is 0 Å². The molecule has 1 saturated heterocycles. The molecule has 5 heteroatoms. The number of hydrogen-bond acceptors (Lipinski definition) is 4. The van der Waals surface area contributed by atoms with E-state index >= 15 is 0 Å². The summed E-state index contributed by atoms with van der Waals surface area (Å²) in [6.45, 7) is 1.76. The lowest BCUT2D eigenvalue weighted by Crippen LogP contribution is -2.51. The van der Waals surface area contributed by atoms with Crippen molar-refractivity contribution in [1.82, 2.24) is 10.6 Å². The van der Waals surface area contributed by atoms with Crippen molar-refractivity contribution in [1.29, 1.82) is 0 Å². The van der Waals surface area contributed by atoms with Crippen LogP contribution in [0.4, 0.5) is 0 Å². The molecule has 1 aromatic carbocycles. The van der Waals surface area contributed by atoms with E-state index in [9.17, 15) is 9.90 Å². The summed E-state index contributed by atoms with van der Waals surface area (Å²) >= 11 is 0. The van der Waals surface area contributed by atoms with Gasteiger partial charge in [-0.15, -0.1) is 0 Å². The van der Waals surface area contributed by atoms with Crippen molar-refractivity contribution in [3.8, 4) is 0 Å². The third kappa shape index (κ3) is 4.31. The van der Waals surface area contributed by atoms with Gasteiger partial charge in [0.2, 0.25) is 0 Å². The lowest BCUT2D eigenvalue weighted by atomic mass is 10.1. The summed E-state index contributed by atoms with van der Waals surface area (Å²) in [4.78, 5) is 12.0. The van der Waals surface area contributed by atoms with Gasteiger partial charge < -0.3 is 20.5 Å². The Kier molecular flexibility index (Phi) is 5.32. The van der Waals surface area contributed by atoms with Crippen LogP contribution in [0.2, 0.25) is 0 Å². The van der Waals surface area contributed by atoms with Crippen molar-refractivity contribution in [2.45, 2.75) is 18.6 Å². The zero-order valence-corrected chi connectivity index (χ0v) is 10.8. The Bertz CT molecular complexity index is 391. The van der Waals surface area contributed by atoms with Gasteiger partial charge in [-0.05, 0) is 12.0 Å². The minimum atomic E-state index is -0.460. The maximum absolute atomic E-state index is 12.0. The number of benzene rings is 1. The molecule has 0 bridgehead atoms. The van der Waals surface area contributed by atoms with E-state index in [1.54, 1.807) is 0 Å². The minimum Gasteiger partial charge on any atom is -0.394 e. The lowest BCUT2D eigenvalue weighted by Gasteiger charge is -2.25. The fraction of sp³-hybridized carbons (Fsp3) is 0.500. The van der Waals surface area contributed by atoms with Crippen molar-refractivity contribution in [2.24, 2.45) is 0 Å². The topological polar surface area (TPSA) is 70.6 Å². The molecule has 0 saturated carbocycles. The molecule has 1 amide bonds. The quantitative estimate of drug-likeness (QED) is 0.682. The van der Waals surface area contributed by atoms with E-state index in [2.05, 4.69) is 10.6 Å². The predicted molar refractivity (Wildman–Crippen MR) is 71.8 cm³/mol. The van der Waals surface area contributed by atoms with Gasteiger partial charge in [-0.1, -0.05) is 30.3 Å². The first-order valence-corrected chi connectivity index (χ1v) is 6.57. The van der Waals surface area contributed by atoms with Crippen LogP contribution >= 0.6 is 0 Å². The Morgan fingerprint density at radius 3 is 2.89 bits per heavy atom. The van der Waals surface area contributed by atoms with Crippen LogP contribution in [0.15, 0.2) is 30.3 Å². The monoisotopic (exact) mass is 264 g/mol. The summed E-state index contributed by atoms with van der Waals surface area (Å²) in [7, 11) is 0. The second-order valence-electron chi connectivity index (χ2n) is 4.64. The molecule has 1 fully saturated rings. The first kappa shape index (κ1) is 14.0. The molecule has 3 N–H and O–H groups in total. The molecule has 0 aromatic heterocycles. The minimum absolute atomic E-state index is 0.0826. The number of hydrogen-bond donors (Lipinski definition) is 3. The zero-order valence-electron chi connectivity index (χ0n) is 10.8. The molecular formula is C14H20N2O3. The third-order valence-corrected chi connectivity index (χ3v) is 3.11. The van der Waals surface area contributed by atoms with Crippen molar-refractivity contribution >= 4 is 5.91 Å². The van der Waals surface area contributed by atoms with E-state index < -0.39 is 6.10 Å². The molecule has 0 radical (unpaired) electrons. The molecule has 2 atom stereocenters. The molecule has 1 aliphatic heterocycles. The summed E-state index contributed by atoms with van der Waals surface area (Å²) in [6, 6.07) is 9.51. The van der Waals surface area contributed by atoms with Gasteiger partial charge in [0.1, 0.15) is 6.10 Å². The number of nitrogens with one attached hydrogen (secondary N) is 2. The van der Waals surface area contributed by atoms with Gasteiger partial charge in [0, 0.05) is 13.1 Å². The number of carbonyl (C=O) groups is 1. The van der Waals surface area contributed by atoms with Crippen LogP contribution in [0.25, 0.3) is 0 Å². The van der Waals surface area contributed by atoms with Crippen LogP contribution in [0.5, 0.6) is 0 Å². The number of aliphatic hydroxyl groups is 1. The highest BCUT2D eigenvalue weighted by Crippen LogP contribution is 2.04. The highest BCUT2D eigenvalue weighted by Gasteiger charge is 2.23. The Hall–Kier alpha value is -1.43. The molecule has 1 aliphatic rings. The second-order valence-corrected chi connectivity index (χ2v) is 4.64.